The number of nitrogens with zero attached hydrogens (tertiary/aromatic N) is 2. The highest BCUT2D eigenvalue weighted by Gasteiger charge is 2.14. The van der Waals surface area contributed by atoms with Gasteiger partial charge >= 0.3 is 0 Å². The second-order valence-corrected chi connectivity index (χ2v) is 4.23. The first-order valence-corrected chi connectivity index (χ1v) is 6.01. The second-order valence-electron chi connectivity index (χ2n) is 4.23. The maximum atomic E-state index is 10.7. The summed E-state index contributed by atoms with van der Waals surface area (Å²) in [7, 11) is 0. The van der Waals surface area contributed by atoms with E-state index in [4.69, 9.17) is 0 Å². The molecule has 0 aromatic heterocycles. The van der Waals surface area contributed by atoms with Gasteiger partial charge in [0.15, 0.2) is 5.78 Å². The van der Waals surface area contributed by atoms with Gasteiger partial charge in [-0.05, 0) is 13.0 Å². The lowest BCUT2D eigenvalue weighted by molar-refractivity contribution is -0.112. The zero-order valence-electron chi connectivity index (χ0n) is 10.4. The molecule has 5 heteroatoms. The molecule has 0 aromatic rings. The highest BCUT2D eigenvalue weighted by Crippen LogP contribution is 2.00. The quantitative estimate of drug-likeness (QED) is 0.369. The molecule has 1 amide bonds. The first-order valence-electron chi connectivity index (χ1n) is 6.01. The van der Waals surface area contributed by atoms with E-state index in [1.807, 2.05) is 6.08 Å². The zero-order chi connectivity index (χ0) is 12.5. The van der Waals surface area contributed by atoms with Crippen LogP contribution >= 0.6 is 0 Å². The molecule has 0 unspecified atom stereocenters. The summed E-state index contributed by atoms with van der Waals surface area (Å²) in [6, 6.07) is 0. The van der Waals surface area contributed by atoms with E-state index in [0.29, 0.717) is 6.54 Å². The Morgan fingerprint density at radius 2 is 1.88 bits per heavy atom. The fourth-order valence-corrected chi connectivity index (χ4v) is 1.84. The van der Waals surface area contributed by atoms with Crippen LogP contribution in [0.2, 0.25) is 0 Å². The van der Waals surface area contributed by atoms with Gasteiger partial charge in [-0.25, -0.2) is 0 Å². The van der Waals surface area contributed by atoms with Crippen molar-refractivity contribution < 1.29 is 9.59 Å². The van der Waals surface area contributed by atoms with Crippen molar-refractivity contribution in [1.82, 2.24) is 15.1 Å². The minimum Gasteiger partial charge on any atom is -0.357 e. The Balaban J connectivity index is 2.12. The molecular weight excluding hydrogens is 218 g/mol. The van der Waals surface area contributed by atoms with Crippen molar-refractivity contribution in [2.75, 3.05) is 45.8 Å². The van der Waals surface area contributed by atoms with Gasteiger partial charge in [-0.1, -0.05) is 6.08 Å². The van der Waals surface area contributed by atoms with Crippen LogP contribution in [-0.4, -0.2) is 67.8 Å². The predicted molar refractivity (Wildman–Crippen MR) is 66.8 cm³/mol. The van der Waals surface area contributed by atoms with E-state index >= 15 is 0 Å². The molecule has 1 heterocycles. The summed E-state index contributed by atoms with van der Waals surface area (Å²) in [5, 5.41) is 2.67. The normalized spacial score (nSPS) is 18.4. The summed E-state index contributed by atoms with van der Waals surface area (Å²) in [6.45, 7) is 8.12. The molecule has 0 aromatic carbocycles. The van der Waals surface area contributed by atoms with Crippen LogP contribution in [0.5, 0.6) is 0 Å². The van der Waals surface area contributed by atoms with Crippen LogP contribution in [0.25, 0.3) is 0 Å². The molecule has 1 N–H and O–H groups in total. The Bertz CT molecular complexity index is 271. The molecular formula is C12H21N3O2. The Morgan fingerprint density at radius 3 is 2.47 bits per heavy atom. The van der Waals surface area contributed by atoms with Gasteiger partial charge in [-0.3, -0.25) is 19.4 Å². The summed E-state index contributed by atoms with van der Waals surface area (Å²) in [4.78, 5) is 25.5. The summed E-state index contributed by atoms with van der Waals surface area (Å²) in [5.41, 5.74) is 0. The highest BCUT2D eigenvalue weighted by molar-refractivity contribution is 5.87. The summed E-state index contributed by atoms with van der Waals surface area (Å²) >= 11 is 0. The van der Waals surface area contributed by atoms with Gasteiger partial charge in [-0.2, -0.15) is 0 Å². The molecule has 0 atom stereocenters. The SMILES string of the molecule is CC(=O)/C=C/CN1CCN(CCNC=O)CC1. The van der Waals surface area contributed by atoms with E-state index < -0.39 is 0 Å². The maximum absolute atomic E-state index is 10.7. The lowest BCUT2D eigenvalue weighted by atomic mass is 10.3. The summed E-state index contributed by atoms with van der Waals surface area (Å²) in [5.74, 6) is 0.101. The topological polar surface area (TPSA) is 52.7 Å². The van der Waals surface area contributed by atoms with Crippen LogP contribution < -0.4 is 5.32 Å². The minimum absolute atomic E-state index is 0.101. The van der Waals surface area contributed by atoms with E-state index in [1.165, 1.54) is 0 Å². The number of carbonyl (C=O) groups is 2. The molecule has 17 heavy (non-hydrogen) atoms. The van der Waals surface area contributed by atoms with E-state index in [1.54, 1.807) is 13.0 Å². The third kappa shape index (κ3) is 6.19. The Hall–Kier alpha value is -1.20. The number of rotatable bonds is 7. The smallest absolute Gasteiger partial charge is 0.207 e. The number of piperazine rings is 1. The number of nitrogens with one attached hydrogen (secondary N) is 1. The van der Waals surface area contributed by atoms with Crippen LogP contribution in [0.15, 0.2) is 12.2 Å². The largest absolute Gasteiger partial charge is 0.357 e. The van der Waals surface area contributed by atoms with Crippen molar-refractivity contribution in [3.63, 3.8) is 0 Å². The Labute approximate surface area is 102 Å². The molecule has 1 aliphatic rings. The van der Waals surface area contributed by atoms with Crippen LogP contribution in [0.1, 0.15) is 6.92 Å². The van der Waals surface area contributed by atoms with E-state index in [9.17, 15) is 9.59 Å². The standard InChI is InChI=1S/C12H21N3O2/c1-12(17)3-2-5-14-7-9-15(10-8-14)6-4-13-11-16/h2-3,11H,4-10H2,1H3,(H,13,16)/b3-2+. The number of amides is 1. The van der Waals surface area contributed by atoms with Crippen LogP contribution in [-0.2, 0) is 9.59 Å². The number of hydrogen-bond acceptors (Lipinski definition) is 4. The summed E-state index contributed by atoms with van der Waals surface area (Å²) in [6.07, 6.45) is 4.29. The van der Waals surface area contributed by atoms with Crippen LogP contribution in [0, 0.1) is 0 Å². The first kappa shape index (κ1) is 13.9. The fourth-order valence-electron chi connectivity index (χ4n) is 1.84. The number of hydrogen-bond donors (Lipinski definition) is 1. The second kappa shape index (κ2) is 7.97. The molecule has 1 fully saturated rings. The molecule has 1 aliphatic heterocycles. The minimum atomic E-state index is 0.101. The van der Waals surface area contributed by atoms with E-state index in [2.05, 4.69) is 15.1 Å². The molecule has 0 radical (unpaired) electrons. The van der Waals surface area contributed by atoms with Crippen LogP contribution in [0.3, 0.4) is 0 Å². The van der Waals surface area contributed by atoms with Gasteiger partial charge in [0.25, 0.3) is 0 Å². The number of ketones is 1. The molecule has 0 aliphatic carbocycles. The Kier molecular flexibility index (Phi) is 6.50. The highest BCUT2D eigenvalue weighted by atomic mass is 16.1. The van der Waals surface area contributed by atoms with E-state index in [-0.39, 0.29) is 5.78 Å². The van der Waals surface area contributed by atoms with Gasteiger partial charge in [0.1, 0.15) is 0 Å². The fraction of sp³-hybridized carbons (Fsp3) is 0.667. The van der Waals surface area contributed by atoms with Crippen molar-refractivity contribution in [2.24, 2.45) is 0 Å². The third-order valence-electron chi connectivity index (χ3n) is 2.84. The molecule has 1 rings (SSSR count). The van der Waals surface area contributed by atoms with Crippen molar-refractivity contribution in [2.45, 2.75) is 6.92 Å². The van der Waals surface area contributed by atoms with Crippen molar-refractivity contribution in [3.8, 4) is 0 Å². The van der Waals surface area contributed by atoms with Gasteiger partial charge in [0.2, 0.25) is 6.41 Å². The van der Waals surface area contributed by atoms with Gasteiger partial charge in [0, 0.05) is 45.8 Å². The van der Waals surface area contributed by atoms with Crippen LogP contribution in [0.4, 0.5) is 0 Å². The number of allylic oxidation sites excluding steroid dienone is 1. The zero-order valence-corrected chi connectivity index (χ0v) is 10.4. The predicted octanol–water partition coefficient (Wildman–Crippen LogP) is -0.505. The van der Waals surface area contributed by atoms with Crippen molar-refractivity contribution >= 4 is 12.2 Å². The average Bonchev–Trinajstić information content (AvgIpc) is 2.31. The van der Waals surface area contributed by atoms with Gasteiger partial charge in [-0.15, -0.1) is 0 Å². The van der Waals surface area contributed by atoms with Gasteiger partial charge < -0.3 is 5.32 Å². The first-order chi connectivity index (χ1) is 8.22. The van der Waals surface area contributed by atoms with Crippen molar-refractivity contribution in [1.29, 1.82) is 0 Å². The van der Waals surface area contributed by atoms with Crippen molar-refractivity contribution in [3.05, 3.63) is 12.2 Å². The summed E-state index contributed by atoms with van der Waals surface area (Å²) < 4.78 is 0. The van der Waals surface area contributed by atoms with Gasteiger partial charge in [0.05, 0.1) is 0 Å². The average molecular weight is 239 g/mol. The lowest BCUT2D eigenvalue weighted by Crippen LogP contribution is -2.47. The molecule has 96 valence electrons. The molecule has 0 saturated carbocycles. The monoisotopic (exact) mass is 239 g/mol. The molecule has 5 nitrogen and oxygen atoms in total. The van der Waals surface area contributed by atoms with E-state index in [0.717, 1.165) is 45.7 Å². The Morgan fingerprint density at radius 1 is 1.24 bits per heavy atom. The molecule has 0 spiro atoms. The third-order valence-corrected chi connectivity index (χ3v) is 2.84. The lowest BCUT2D eigenvalue weighted by Gasteiger charge is -2.33. The number of carbonyl (C=O) groups excluding carboxylic acids is 2. The molecule has 1 saturated heterocycles. The maximum Gasteiger partial charge on any atom is 0.207 e. The molecule has 0 bridgehead atoms.